The molecule has 1 aliphatic carbocycles. The van der Waals surface area contributed by atoms with Crippen molar-refractivity contribution in [3.8, 4) is 0 Å². The molecule has 6 heteroatoms. The molecule has 1 saturated carbocycles. The van der Waals surface area contributed by atoms with E-state index >= 15 is 0 Å². The molecule has 2 N–H and O–H groups in total. The molecule has 0 bridgehead atoms. The minimum Gasteiger partial charge on any atom is -0.385 e. The Labute approximate surface area is 194 Å². The maximum atomic E-state index is 5.31. The van der Waals surface area contributed by atoms with Gasteiger partial charge in [0.05, 0.1) is 0 Å². The summed E-state index contributed by atoms with van der Waals surface area (Å²) in [7, 11) is 3.68. The Hall–Kier alpha value is -0.860. The normalized spacial score (nSPS) is 24.3. The molecule has 2 aliphatic rings. The number of benzene rings is 1. The number of likely N-dealkylation sites (tertiary alicyclic amines) is 1. The Kier molecular flexibility index (Phi) is 10.2. The standard InChI is InChI=1S/C23H38N4O.HI/c1-19-16-21(10-14-27(19)17-20-8-5-4-6-9-20)26-22(24-2)25-18-23(11-7-12-23)13-15-28-3;/h4-6,8-9,19,21H,7,10-18H2,1-3H3,(H2,24,25,26);1H. The van der Waals surface area contributed by atoms with Crippen molar-refractivity contribution in [3.63, 3.8) is 0 Å². The zero-order valence-electron chi connectivity index (χ0n) is 18.3. The minimum atomic E-state index is 0. The summed E-state index contributed by atoms with van der Waals surface area (Å²) in [6.07, 6.45) is 7.40. The van der Waals surface area contributed by atoms with Crippen LogP contribution in [0.25, 0.3) is 0 Å². The molecule has 1 saturated heterocycles. The van der Waals surface area contributed by atoms with Crippen LogP contribution in [0.5, 0.6) is 0 Å². The molecule has 0 aromatic heterocycles. The molecule has 0 spiro atoms. The molecule has 1 heterocycles. The van der Waals surface area contributed by atoms with Gasteiger partial charge in [0.1, 0.15) is 0 Å². The smallest absolute Gasteiger partial charge is 0.191 e. The number of rotatable bonds is 8. The molecule has 1 aromatic rings. The van der Waals surface area contributed by atoms with Gasteiger partial charge in [-0.3, -0.25) is 9.89 Å². The summed E-state index contributed by atoms with van der Waals surface area (Å²) < 4.78 is 5.31. The molecule has 3 rings (SSSR count). The number of piperidine rings is 1. The van der Waals surface area contributed by atoms with Gasteiger partial charge in [-0.1, -0.05) is 36.8 Å². The van der Waals surface area contributed by atoms with E-state index in [1.54, 1.807) is 7.11 Å². The van der Waals surface area contributed by atoms with E-state index in [-0.39, 0.29) is 24.0 Å². The second kappa shape index (κ2) is 12.1. The quantitative estimate of drug-likeness (QED) is 0.313. The fourth-order valence-electron chi connectivity index (χ4n) is 4.57. The van der Waals surface area contributed by atoms with Gasteiger partial charge in [0.25, 0.3) is 0 Å². The topological polar surface area (TPSA) is 48.9 Å². The summed E-state index contributed by atoms with van der Waals surface area (Å²) in [6, 6.07) is 11.9. The van der Waals surface area contributed by atoms with Crippen LogP contribution >= 0.6 is 24.0 Å². The van der Waals surface area contributed by atoms with Crippen LogP contribution in [0.1, 0.15) is 51.0 Å². The predicted molar refractivity (Wildman–Crippen MR) is 132 cm³/mol. The Balaban J connectivity index is 0.00000300. The van der Waals surface area contributed by atoms with Crippen LogP contribution < -0.4 is 10.6 Å². The first-order valence-electron chi connectivity index (χ1n) is 10.9. The molecule has 1 aromatic carbocycles. The molecule has 2 fully saturated rings. The summed E-state index contributed by atoms with van der Waals surface area (Å²) in [5, 5.41) is 7.28. The number of halogens is 1. The van der Waals surface area contributed by atoms with Crippen molar-refractivity contribution in [1.82, 2.24) is 15.5 Å². The molecule has 29 heavy (non-hydrogen) atoms. The molecule has 0 amide bonds. The van der Waals surface area contributed by atoms with E-state index in [1.165, 1.54) is 24.8 Å². The lowest BCUT2D eigenvalue weighted by Gasteiger charge is -2.43. The van der Waals surface area contributed by atoms with Crippen molar-refractivity contribution >= 4 is 29.9 Å². The average Bonchev–Trinajstić information content (AvgIpc) is 2.68. The molecule has 1 aliphatic heterocycles. The second-order valence-electron chi connectivity index (χ2n) is 8.69. The molecule has 2 atom stereocenters. The Bertz CT molecular complexity index is 621. The molecular formula is C23H39IN4O. The summed E-state index contributed by atoms with van der Waals surface area (Å²) in [6.45, 7) is 6.37. The Morgan fingerprint density at radius 2 is 2.03 bits per heavy atom. The lowest BCUT2D eigenvalue weighted by Crippen LogP contribution is -2.53. The first kappa shape index (κ1) is 24.4. The Morgan fingerprint density at radius 3 is 2.62 bits per heavy atom. The molecule has 5 nitrogen and oxygen atoms in total. The van der Waals surface area contributed by atoms with Crippen LogP contribution in [0, 0.1) is 5.41 Å². The van der Waals surface area contributed by atoms with Gasteiger partial charge in [-0.15, -0.1) is 24.0 Å². The van der Waals surface area contributed by atoms with Gasteiger partial charge in [-0.25, -0.2) is 0 Å². The third-order valence-corrected chi connectivity index (χ3v) is 6.69. The van der Waals surface area contributed by atoms with E-state index in [4.69, 9.17) is 4.74 Å². The number of guanidine groups is 1. The highest BCUT2D eigenvalue weighted by Gasteiger charge is 2.36. The van der Waals surface area contributed by atoms with E-state index in [2.05, 4.69) is 57.8 Å². The number of methoxy groups -OCH3 is 1. The molecular weight excluding hydrogens is 475 g/mol. The van der Waals surface area contributed by atoms with E-state index in [1.807, 2.05) is 7.05 Å². The minimum absolute atomic E-state index is 0. The third-order valence-electron chi connectivity index (χ3n) is 6.69. The van der Waals surface area contributed by atoms with Crippen molar-refractivity contribution in [2.24, 2.45) is 10.4 Å². The molecule has 164 valence electrons. The van der Waals surface area contributed by atoms with Crippen LogP contribution in [0.15, 0.2) is 35.3 Å². The van der Waals surface area contributed by atoms with Gasteiger partial charge >= 0.3 is 0 Å². The Morgan fingerprint density at radius 1 is 1.28 bits per heavy atom. The zero-order valence-corrected chi connectivity index (χ0v) is 20.7. The first-order valence-corrected chi connectivity index (χ1v) is 10.9. The van der Waals surface area contributed by atoms with Gasteiger partial charge in [0.2, 0.25) is 0 Å². The maximum Gasteiger partial charge on any atom is 0.191 e. The van der Waals surface area contributed by atoms with E-state index in [9.17, 15) is 0 Å². The fraction of sp³-hybridized carbons (Fsp3) is 0.696. The van der Waals surface area contributed by atoms with Gasteiger partial charge < -0.3 is 15.4 Å². The predicted octanol–water partition coefficient (Wildman–Crippen LogP) is 4.03. The van der Waals surface area contributed by atoms with Crippen molar-refractivity contribution in [2.75, 3.05) is 33.9 Å². The largest absolute Gasteiger partial charge is 0.385 e. The van der Waals surface area contributed by atoms with Crippen LogP contribution in [0.2, 0.25) is 0 Å². The SMILES string of the molecule is CN=C(NCC1(CCOC)CCC1)NC1CCN(Cc2ccccc2)C(C)C1.I. The second-order valence-corrected chi connectivity index (χ2v) is 8.69. The number of nitrogens with one attached hydrogen (secondary N) is 2. The van der Waals surface area contributed by atoms with Crippen LogP contribution in [0.4, 0.5) is 0 Å². The summed E-state index contributed by atoms with van der Waals surface area (Å²) in [5.74, 6) is 0.956. The van der Waals surface area contributed by atoms with E-state index in [0.717, 1.165) is 51.5 Å². The number of aliphatic imine (C=N–C) groups is 1. The van der Waals surface area contributed by atoms with Crippen LogP contribution in [0.3, 0.4) is 0 Å². The monoisotopic (exact) mass is 514 g/mol. The van der Waals surface area contributed by atoms with Crippen molar-refractivity contribution in [3.05, 3.63) is 35.9 Å². The third kappa shape index (κ3) is 7.10. The zero-order chi connectivity index (χ0) is 19.8. The highest BCUT2D eigenvalue weighted by atomic mass is 127. The highest BCUT2D eigenvalue weighted by molar-refractivity contribution is 14.0. The maximum absolute atomic E-state index is 5.31. The number of hydrogen-bond acceptors (Lipinski definition) is 3. The number of nitrogens with zero attached hydrogens (tertiary/aromatic N) is 2. The van der Waals surface area contributed by atoms with Gasteiger partial charge in [0, 0.05) is 52.5 Å². The van der Waals surface area contributed by atoms with Crippen molar-refractivity contribution in [2.45, 2.75) is 64.1 Å². The number of hydrogen-bond donors (Lipinski definition) is 2. The lowest BCUT2D eigenvalue weighted by molar-refractivity contribution is 0.0730. The van der Waals surface area contributed by atoms with E-state index in [0.29, 0.717) is 17.5 Å². The lowest BCUT2D eigenvalue weighted by atomic mass is 9.67. The molecule has 0 radical (unpaired) electrons. The fourth-order valence-corrected chi connectivity index (χ4v) is 4.57. The van der Waals surface area contributed by atoms with Crippen LogP contribution in [-0.2, 0) is 11.3 Å². The van der Waals surface area contributed by atoms with Gasteiger partial charge in [0.15, 0.2) is 5.96 Å². The van der Waals surface area contributed by atoms with E-state index < -0.39 is 0 Å². The van der Waals surface area contributed by atoms with Crippen molar-refractivity contribution in [1.29, 1.82) is 0 Å². The average molecular weight is 514 g/mol. The van der Waals surface area contributed by atoms with Gasteiger partial charge in [-0.2, -0.15) is 0 Å². The highest BCUT2D eigenvalue weighted by Crippen LogP contribution is 2.43. The van der Waals surface area contributed by atoms with Crippen molar-refractivity contribution < 1.29 is 4.74 Å². The summed E-state index contributed by atoms with van der Waals surface area (Å²) in [4.78, 5) is 7.08. The molecule has 2 unspecified atom stereocenters. The van der Waals surface area contributed by atoms with Gasteiger partial charge in [-0.05, 0) is 50.0 Å². The summed E-state index contributed by atoms with van der Waals surface area (Å²) >= 11 is 0. The summed E-state index contributed by atoms with van der Waals surface area (Å²) in [5.41, 5.74) is 1.81. The number of ether oxygens (including phenoxy) is 1. The van der Waals surface area contributed by atoms with Crippen LogP contribution in [-0.4, -0.2) is 56.8 Å². The first-order chi connectivity index (χ1) is 13.6.